The van der Waals surface area contributed by atoms with Gasteiger partial charge in [0.05, 0.1) is 26.4 Å². The second kappa shape index (κ2) is 79.8. The van der Waals surface area contributed by atoms with Crippen molar-refractivity contribution in [2.45, 2.75) is 341 Å². The fourth-order valence-electron chi connectivity index (χ4n) is 10.7. The van der Waals surface area contributed by atoms with Gasteiger partial charge in [0.15, 0.2) is 12.2 Å². The number of ether oxygens (including phenoxy) is 4. The van der Waals surface area contributed by atoms with E-state index in [-0.39, 0.29) is 25.7 Å². The third-order valence-electron chi connectivity index (χ3n) is 16.9. The molecule has 0 saturated carbocycles. The molecule has 5 atom stereocenters. The minimum absolute atomic E-state index is 0.0661. The lowest BCUT2D eigenvalue weighted by atomic mass is 10.1. The average molecular weight is 1550 g/mol. The molecule has 0 aromatic rings. The molecule has 616 valence electrons. The number of hydrogen-bond donors (Lipinski definition) is 3. The van der Waals surface area contributed by atoms with Gasteiger partial charge in [0.2, 0.25) is 0 Å². The highest BCUT2D eigenvalue weighted by molar-refractivity contribution is 7.47. The predicted octanol–water partition coefficient (Wildman–Crippen LogP) is 24.8. The summed E-state index contributed by atoms with van der Waals surface area (Å²) in [4.78, 5) is 73.2. The second-order valence-corrected chi connectivity index (χ2v) is 30.2. The minimum Gasteiger partial charge on any atom is -0.462 e. The summed E-state index contributed by atoms with van der Waals surface area (Å²) in [7, 11) is -9.99. The van der Waals surface area contributed by atoms with Crippen LogP contribution in [0.1, 0.15) is 323 Å². The van der Waals surface area contributed by atoms with Crippen molar-refractivity contribution in [3.63, 3.8) is 0 Å². The first-order valence-electron chi connectivity index (χ1n) is 41.7. The van der Waals surface area contributed by atoms with Crippen molar-refractivity contribution in [1.82, 2.24) is 0 Å². The fourth-order valence-corrected chi connectivity index (χ4v) is 12.2. The smallest absolute Gasteiger partial charge is 0.462 e. The number of unbranched alkanes of at least 4 members (excludes halogenated alkanes) is 25. The Morgan fingerprint density at radius 1 is 0.269 bits per heavy atom. The van der Waals surface area contributed by atoms with Gasteiger partial charge in [0.1, 0.15) is 19.3 Å². The van der Waals surface area contributed by atoms with Crippen molar-refractivity contribution in [2.24, 2.45) is 0 Å². The predicted molar refractivity (Wildman–Crippen MR) is 445 cm³/mol. The molecule has 0 amide bonds. The summed E-state index contributed by atoms with van der Waals surface area (Å²) >= 11 is 0. The van der Waals surface area contributed by atoms with Gasteiger partial charge in [-0.25, -0.2) is 9.13 Å². The summed E-state index contributed by atoms with van der Waals surface area (Å²) < 4.78 is 68.7. The SMILES string of the molecule is CC/C=C\C/C=C\C/C=C\C/C=C\C/C=C\CCCCCC(=O)OCC(COP(=O)(O)OCC(O)COP(=O)(O)OCC(COC(=O)CCCCCCCC/C=C\C/C=C\C/C=C\CCCCC)OC(=O)CCCCCCCCC/C=C\C/C=C\C/C=C\CC)OC(=O)CCCCCCC/C=C\C/C=C\CCC. The molecule has 17 nitrogen and oxygen atoms in total. The van der Waals surface area contributed by atoms with E-state index < -0.39 is 97.5 Å². The fraction of sp³-hybridized carbons (Fsp3) is 0.663. The van der Waals surface area contributed by atoms with Crippen molar-refractivity contribution in [3.8, 4) is 0 Å². The second-order valence-electron chi connectivity index (χ2n) is 27.3. The number of phosphoric acid groups is 2. The quantitative estimate of drug-likeness (QED) is 0.0169. The van der Waals surface area contributed by atoms with Crippen molar-refractivity contribution >= 4 is 39.5 Å². The van der Waals surface area contributed by atoms with Crippen LogP contribution in [0.5, 0.6) is 0 Å². The lowest BCUT2D eigenvalue weighted by Crippen LogP contribution is -2.30. The van der Waals surface area contributed by atoms with Crippen LogP contribution in [0.2, 0.25) is 0 Å². The standard InChI is InChI=1S/C89H148O17P2/c1-5-9-13-17-21-25-29-33-36-39-41-44-46-50-53-57-61-65-69-73-86(91)99-79-84(105-88(93)75-71-67-63-59-55-49-32-28-24-20-16-12-8-4)81-103-107(95,96)101-77-83(90)78-102-108(97,98)104-82-85(106-89(94)76-72-68-64-60-56-52-48-43-38-35-31-27-23-19-15-11-7-3)80-100-87(92)74-70-66-62-58-54-51-47-45-42-40-37-34-30-26-22-18-14-10-6-2/h9,11,13,15-16,20-23,25-28,32-38,41-42,44-45,50,53,83-85,90H,5-8,10,12,14,17-19,24,29-31,39-40,43,46-49,51-52,54-82H2,1-4H3,(H,95,96)(H,97,98)/b13-9-,15-11-,20-16-,25-21-,26-22-,27-23-,32-28-,36-33-,37-34-,38-35-,44-41-,45-42-,53-50-. The molecule has 0 aliphatic heterocycles. The highest BCUT2D eigenvalue weighted by atomic mass is 31.2. The largest absolute Gasteiger partial charge is 0.472 e. The van der Waals surface area contributed by atoms with E-state index in [1.54, 1.807) is 0 Å². The Balaban J connectivity index is 5.42. The number of phosphoric ester groups is 2. The van der Waals surface area contributed by atoms with Gasteiger partial charge in [-0.3, -0.25) is 37.3 Å². The van der Waals surface area contributed by atoms with Crippen molar-refractivity contribution in [1.29, 1.82) is 0 Å². The molecular weight excluding hydrogens is 1400 g/mol. The molecule has 0 saturated heterocycles. The normalized spacial score (nSPS) is 14.6. The minimum atomic E-state index is -5.00. The topological polar surface area (TPSA) is 237 Å². The Kier molecular flexibility index (Phi) is 75.8. The van der Waals surface area contributed by atoms with Gasteiger partial charge in [-0.1, -0.05) is 288 Å². The number of esters is 4. The van der Waals surface area contributed by atoms with Gasteiger partial charge < -0.3 is 33.8 Å². The summed E-state index contributed by atoms with van der Waals surface area (Å²) in [6, 6.07) is 0. The van der Waals surface area contributed by atoms with E-state index >= 15 is 0 Å². The maximum atomic E-state index is 13.1. The first-order chi connectivity index (χ1) is 52.7. The zero-order valence-electron chi connectivity index (χ0n) is 67.5. The summed E-state index contributed by atoms with van der Waals surface area (Å²) in [5.41, 5.74) is 0. The van der Waals surface area contributed by atoms with E-state index in [0.717, 1.165) is 225 Å². The number of hydrogen-bond acceptors (Lipinski definition) is 15. The van der Waals surface area contributed by atoms with Gasteiger partial charge in [0.25, 0.3) is 0 Å². The molecule has 0 aliphatic rings. The molecule has 0 aromatic heterocycles. The summed E-state index contributed by atoms with van der Waals surface area (Å²) in [6.07, 6.45) is 93.5. The number of aliphatic hydroxyl groups excluding tert-OH is 1. The van der Waals surface area contributed by atoms with E-state index in [9.17, 15) is 43.2 Å². The van der Waals surface area contributed by atoms with Crippen LogP contribution >= 0.6 is 15.6 Å². The molecule has 0 rings (SSSR count). The maximum Gasteiger partial charge on any atom is 0.472 e. The monoisotopic (exact) mass is 1550 g/mol. The first-order valence-corrected chi connectivity index (χ1v) is 44.7. The zero-order valence-corrected chi connectivity index (χ0v) is 69.3. The highest BCUT2D eigenvalue weighted by Crippen LogP contribution is 2.45. The molecule has 0 spiro atoms. The Bertz CT molecular complexity index is 2660. The highest BCUT2D eigenvalue weighted by Gasteiger charge is 2.30. The van der Waals surface area contributed by atoms with Crippen LogP contribution in [0, 0.1) is 0 Å². The van der Waals surface area contributed by atoms with Crippen molar-refractivity contribution < 1.29 is 80.2 Å². The van der Waals surface area contributed by atoms with Gasteiger partial charge in [-0.05, 0) is 167 Å². The van der Waals surface area contributed by atoms with Crippen molar-refractivity contribution in [2.75, 3.05) is 39.6 Å². The van der Waals surface area contributed by atoms with E-state index in [1.807, 2.05) is 0 Å². The number of aliphatic hydroxyl groups is 1. The molecule has 5 unspecified atom stereocenters. The summed E-state index contributed by atoms with van der Waals surface area (Å²) in [6.45, 7) is 4.49. The Hall–Kier alpha value is -5.32. The zero-order chi connectivity index (χ0) is 78.9. The van der Waals surface area contributed by atoms with Crippen LogP contribution in [-0.2, 0) is 65.4 Å². The van der Waals surface area contributed by atoms with Gasteiger partial charge in [-0.2, -0.15) is 0 Å². The molecule has 0 heterocycles. The molecule has 0 radical (unpaired) electrons. The lowest BCUT2D eigenvalue weighted by molar-refractivity contribution is -0.161. The van der Waals surface area contributed by atoms with Crippen LogP contribution in [0.15, 0.2) is 158 Å². The molecule has 19 heteroatoms. The van der Waals surface area contributed by atoms with Crippen LogP contribution in [0.25, 0.3) is 0 Å². The van der Waals surface area contributed by atoms with E-state index in [4.69, 9.17) is 37.0 Å². The maximum absolute atomic E-state index is 13.1. The van der Waals surface area contributed by atoms with Gasteiger partial charge in [0, 0.05) is 25.7 Å². The molecule has 108 heavy (non-hydrogen) atoms. The molecule has 0 bridgehead atoms. The number of rotatable bonds is 77. The van der Waals surface area contributed by atoms with E-state index in [1.165, 1.54) is 19.3 Å². The van der Waals surface area contributed by atoms with Crippen LogP contribution < -0.4 is 0 Å². The summed E-state index contributed by atoms with van der Waals surface area (Å²) in [5, 5.41) is 10.7. The lowest BCUT2D eigenvalue weighted by Gasteiger charge is -2.21. The molecule has 0 aliphatic carbocycles. The van der Waals surface area contributed by atoms with Crippen LogP contribution in [0.3, 0.4) is 0 Å². The molecule has 0 fully saturated rings. The van der Waals surface area contributed by atoms with Crippen LogP contribution in [-0.4, -0.2) is 96.7 Å². The van der Waals surface area contributed by atoms with E-state index in [0.29, 0.717) is 25.7 Å². The third kappa shape index (κ3) is 78.8. The van der Waals surface area contributed by atoms with Crippen molar-refractivity contribution in [3.05, 3.63) is 158 Å². The van der Waals surface area contributed by atoms with E-state index in [2.05, 4.69) is 186 Å². The number of carbonyl (C=O) groups is 4. The Morgan fingerprint density at radius 3 is 0.787 bits per heavy atom. The van der Waals surface area contributed by atoms with Gasteiger partial charge >= 0.3 is 39.5 Å². The molecule has 0 aromatic carbocycles. The number of carbonyl (C=O) groups excluding carboxylic acids is 4. The Labute approximate surface area is 655 Å². The first kappa shape index (κ1) is 103. The number of allylic oxidation sites excluding steroid dienone is 26. The summed E-state index contributed by atoms with van der Waals surface area (Å²) in [5.74, 6) is -2.25. The average Bonchev–Trinajstić information content (AvgIpc) is 0.916. The third-order valence-corrected chi connectivity index (χ3v) is 18.8. The Morgan fingerprint density at radius 2 is 0.500 bits per heavy atom. The van der Waals surface area contributed by atoms with Crippen LogP contribution in [0.4, 0.5) is 0 Å². The molecule has 3 N–H and O–H groups in total. The molecular formula is C89H148O17P2. The van der Waals surface area contributed by atoms with Gasteiger partial charge in [-0.15, -0.1) is 0 Å².